The first-order valence-corrected chi connectivity index (χ1v) is 5.65. The van der Waals surface area contributed by atoms with E-state index in [4.69, 9.17) is 0 Å². The third-order valence-corrected chi connectivity index (χ3v) is 2.83. The molecule has 16 heavy (non-hydrogen) atoms. The molecule has 8 heteroatoms. The molecule has 0 aromatic carbocycles. The Hall–Kier alpha value is -0.530. The van der Waals surface area contributed by atoms with Crippen molar-refractivity contribution in [3.63, 3.8) is 0 Å². The second-order valence-corrected chi connectivity index (χ2v) is 4.20. The first kappa shape index (κ1) is 15.5. The summed E-state index contributed by atoms with van der Waals surface area (Å²) < 4.78 is 61.0. The SMILES string of the molecule is CSCC(C)N(C)C(=O)C(F)(F)C(F)(F)F. The van der Waals surface area contributed by atoms with E-state index in [1.54, 1.807) is 6.26 Å². The monoisotopic (exact) mass is 265 g/mol. The van der Waals surface area contributed by atoms with Crippen molar-refractivity contribution in [1.29, 1.82) is 0 Å². The summed E-state index contributed by atoms with van der Waals surface area (Å²) in [7, 11) is 0.933. The number of carbonyl (C=O) groups is 1. The molecule has 0 spiro atoms. The Balaban J connectivity index is 4.80. The summed E-state index contributed by atoms with van der Waals surface area (Å²) in [6.45, 7) is 1.40. The van der Waals surface area contributed by atoms with Crippen LogP contribution < -0.4 is 0 Å². The Morgan fingerprint density at radius 2 is 1.75 bits per heavy atom. The Kier molecular flexibility index (Phi) is 5.03. The minimum Gasteiger partial charge on any atom is -0.337 e. The lowest BCUT2D eigenvalue weighted by Crippen LogP contribution is -2.53. The van der Waals surface area contributed by atoms with Crippen LogP contribution in [0.5, 0.6) is 0 Å². The fourth-order valence-corrected chi connectivity index (χ4v) is 1.60. The van der Waals surface area contributed by atoms with Gasteiger partial charge in [0.25, 0.3) is 0 Å². The fourth-order valence-electron chi connectivity index (χ4n) is 0.896. The van der Waals surface area contributed by atoms with Crippen molar-refractivity contribution in [2.75, 3.05) is 19.1 Å². The lowest BCUT2D eigenvalue weighted by molar-refractivity contribution is -0.274. The van der Waals surface area contributed by atoms with Gasteiger partial charge in [-0.1, -0.05) is 0 Å². The van der Waals surface area contributed by atoms with Crippen molar-refractivity contribution in [2.45, 2.75) is 25.1 Å². The zero-order valence-electron chi connectivity index (χ0n) is 8.94. The molecule has 96 valence electrons. The van der Waals surface area contributed by atoms with Gasteiger partial charge in [0.1, 0.15) is 0 Å². The Morgan fingerprint density at radius 1 is 1.31 bits per heavy atom. The highest BCUT2D eigenvalue weighted by molar-refractivity contribution is 7.98. The third kappa shape index (κ3) is 3.23. The highest BCUT2D eigenvalue weighted by Crippen LogP contribution is 2.37. The van der Waals surface area contributed by atoms with Gasteiger partial charge in [-0.3, -0.25) is 4.79 Å². The molecule has 0 saturated carbocycles. The minimum atomic E-state index is -5.85. The number of alkyl halides is 5. The molecule has 0 N–H and O–H groups in total. The molecule has 0 fully saturated rings. The van der Waals surface area contributed by atoms with Crippen LogP contribution in [-0.4, -0.2) is 48.0 Å². The van der Waals surface area contributed by atoms with Crippen LogP contribution in [0.3, 0.4) is 0 Å². The van der Waals surface area contributed by atoms with Crippen LogP contribution in [0.25, 0.3) is 0 Å². The summed E-state index contributed by atoms with van der Waals surface area (Å²) >= 11 is 1.25. The molecule has 0 saturated heterocycles. The van der Waals surface area contributed by atoms with E-state index in [-0.39, 0.29) is 5.75 Å². The van der Waals surface area contributed by atoms with Gasteiger partial charge in [-0.25, -0.2) is 0 Å². The number of amides is 1. The molecule has 0 aromatic heterocycles. The van der Waals surface area contributed by atoms with E-state index >= 15 is 0 Å². The molecule has 1 unspecified atom stereocenters. The predicted molar refractivity (Wildman–Crippen MR) is 51.6 cm³/mol. The molecule has 1 amide bonds. The van der Waals surface area contributed by atoms with Crippen molar-refractivity contribution in [3.05, 3.63) is 0 Å². The fraction of sp³-hybridized carbons (Fsp3) is 0.875. The van der Waals surface area contributed by atoms with E-state index in [0.29, 0.717) is 4.90 Å². The Bertz CT molecular complexity index is 255. The van der Waals surface area contributed by atoms with Gasteiger partial charge in [-0.05, 0) is 13.2 Å². The Morgan fingerprint density at radius 3 is 2.06 bits per heavy atom. The normalized spacial score (nSPS) is 14.8. The van der Waals surface area contributed by atoms with Crippen LogP contribution >= 0.6 is 11.8 Å². The summed E-state index contributed by atoms with van der Waals surface area (Å²) in [6, 6.07) is -0.685. The zero-order valence-corrected chi connectivity index (χ0v) is 9.75. The molecular formula is C8H12F5NOS. The molecule has 0 heterocycles. The van der Waals surface area contributed by atoms with E-state index in [9.17, 15) is 26.7 Å². The average Bonchev–Trinajstić information content (AvgIpc) is 2.14. The van der Waals surface area contributed by atoms with E-state index < -0.39 is 24.0 Å². The summed E-state index contributed by atoms with van der Waals surface area (Å²) in [4.78, 5) is 11.4. The Labute approximate surface area is 94.2 Å². The highest BCUT2D eigenvalue weighted by Gasteiger charge is 2.64. The number of hydrogen-bond acceptors (Lipinski definition) is 2. The number of hydrogen-bond donors (Lipinski definition) is 0. The number of carbonyl (C=O) groups excluding carboxylic acids is 1. The maximum absolute atomic E-state index is 12.7. The summed E-state index contributed by atoms with van der Waals surface area (Å²) in [5, 5.41) is 0. The summed E-state index contributed by atoms with van der Waals surface area (Å²) in [6.07, 6.45) is -4.19. The quantitative estimate of drug-likeness (QED) is 0.727. The van der Waals surface area contributed by atoms with Gasteiger partial charge in [-0.2, -0.15) is 33.7 Å². The van der Waals surface area contributed by atoms with Crippen molar-refractivity contribution in [1.82, 2.24) is 4.90 Å². The standard InChI is InChI=1S/C8H12F5NOS/c1-5(4-16-3)14(2)6(15)7(9,10)8(11,12)13/h5H,4H2,1-3H3. The van der Waals surface area contributed by atoms with E-state index in [2.05, 4.69) is 0 Å². The molecule has 0 aliphatic rings. The lowest BCUT2D eigenvalue weighted by atomic mass is 10.2. The van der Waals surface area contributed by atoms with Crippen LogP contribution in [0.1, 0.15) is 6.92 Å². The highest BCUT2D eigenvalue weighted by atomic mass is 32.2. The van der Waals surface area contributed by atoms with Gasteiger partial charge < -0.3 is 4.90 Å². The van der Waals surface area contributed by atoms with Gasteiger partial charge in [0.2, 0.25) is 0 Å². The van der Waals surface area contributed by atoms with Crippen LogP contribution in [-0.2, 0) is 4.79 Å². The largest absolute Gasteiger partial charge is 0.463 e. The predicted octanol–water partition coefficient (Wildman–Crippen LogP) is 2.39. The average molecular weight is 265 g/mol. The van der Waals surface area contributed by atoms with Crippen LogP contribution in [0.2, 0.25) is 0 Å². The first-order chi connectivity index (χ1) is 7.05. The van der Waals surface area contributed by atoms with Gasteiger partial charge in [0.05, 0.1) is 0 Å². The van der Waals surface area contributed by atoms with Gasteiger partial charge in [0.15, 0.2) is 0 Å². The molecule has 0 radical (unpaired) electrons. The molecule has 2 nitrogen and oxygen atoms in total. The molecule has 0 bridgehead atoms. The van der Waals surface area contributed by atoms with Crippen LogP contribution in [0, 0.1) is 0 Å². The van der Waals surface area contributed by atoms with E-state index in [1.807, 2.05) is 0 Å². The van der Waals surface area contributed by atoms with Gasteiger partial charge >= 0.3 is 18.0 Å². The maximum Gasteiger partial charge on any atom is 0.463 e. The molecule has 0 aliphatic carbocycles. The number of rotatable bonds is 4. The van der Waals surface area contributed by atoms with Crippen molar-refractivity contribution >= 4 is 17.7 Å². The molecule has 0 aliphatic heterocycles. The minimum absolute atomic E-state index is 0.288. The number of halogens is 5. The molecule has 0 aromatic rings. The third-order valence-electron chi connectivity index (χ3n) is 2.01. The van der Waals surface area contributed by atoms with Crippen LogP contribution in [0.15, 0.2) is 0 Å². The van der Waals surface area contributed by atoms with Crippen molar-refractivity contribution < 1.29 is 26.7 Å². The topological polar surface area (TPSA) is 20.3 Å². The summed E-state index contributed by atoms with van der Waals surface area (Å²) in [5.74, 6) is -7.26. The lowest BCUT2D eigenvalue weighted by Gasteiger charge is -2.29. The van der Waals surface area contributed by atoms with Gasteiger partial charge in [-0.15, -0.1) is 0 Å². The van der Waals surface area contributed by atoms with E-state index in [1.165, 1.54) is 18.7 Å². The number of thioether (sulfide) groups is 1. The molecule has 1 atom stereocenters. The van der Waals surface area contributed by atoms with Crippen LogP contribution in [0.4, 0.5) is 22.0 Å². The first-order valence-electron chi connectivity index (χ1n) is 4.26. The summed E-state index contributed by atoms with van der Waals surface area (Å²) in [5.41, 5.74) is 0. The van der Waals surface area contributed by atoms with Crippen molar-refractivity contribution in [3.8, 4) is 0 Å². The van der Waals surface area contributed by atoms with Crippen molar-refractivity contribution in [2.24, 2.45) is 0 Å². The number of nitrogens with zero attached hydrogens (tertiary/aromatic N) is 1. The second-order valence-electron chi connectivity index (χ2n) is 3.29. The molecular weight excluding hydrogens is 253 g/mol. The molecule has 0 rings (SSSR count). The zero-order chi connectivity index (χ0) is 13.1. The maximum atomic E-state index is 12.7. The van der Waals surface area contributed by atoms with Gasteiger partial charge in [0, 0.05) is 18.8 Å². The second kappa shape index (κ2) is 5.20. The van der Waals surface area contributed by atoms with E-state index in [0.717, 1.165) is 7.05 Å². The smallest absolute Gasteiger partial charge is 0.337 e.